The Balaban J connectivity index is 2.04. The van der Waals surface area contributed by atoms with Crippen molar-refractivity contribution < 1.29 is 14.3 Å². The molecule has 0 aromatic carbocycles. The maximum Gasteiger partial charge on any atom is 0.341 e. The minimum Gasteiger partial charge on any atom is -0.477 e. The number of carboxylic acid groups (broad SMARTS) is 1. The lowest BCUT2D eigenvalue weighted by Crippen LogP contribution is -2.28. The van der Waals surface area contributed by atoms with Crippen molar-refractivity contribution in [1.82, 2.24) is 24.3 Å². The van der Waals surface area contributed by atoms with Crippen molar-refractivity contribution in [3.8, 4) is 5.95 Å². The number of aromatic nitrogens is 5. The normalized spacial score (nSPS) is 17.0. The van der Waals surface area contributed by atoms with Crippen LogP contribution in [0.15, 0.2) is 23.4 Å². The second-order valence-electron chi connectivity index (χ2n) is 6.39. The van der Waals surface area contributed by atoms with Crippen LogP contribution in [0.1, 0.15) is 16.8 Å². The first kappa shape index (κ1) is 17.1. The Morgan fingerprint density at radius 2 is 2.22 bits per heavy atom. The number of pyridine rings is 2. The molecule has 3 N–H and O–H groups in total. The van der Waals surface area contributed by atoms with Gasteiger partial charge >= 0.3 is 5.97 Å². The molecule has 140 valence electrons. The van der Waals surface area contributed by atoms with Gasteiger partial charge in [-0.25, -0.2) is 18.9 Å². The number of aryl methyl sites for hydroxylation is 1. The number of nitrogens with zero attached hydrogens (tertiary/aromatic N) is 6. The van der Waals surface area contributed by atoms with Gasteiger partial charge < -0.3 is 15.7 Å². The summed E-state index contributed by atoms with van der Waals surface area (Å²) in [4.78, 5) is 34.1. The van der Waals surface area contributed by atoms with E-state index in [9.17, 15) is 19.1 Å². The molecule has 3 aromatic rings. The van der Waals surface area contributed by atoms with Crippen molar-refractivity contribution in [2.45, 2.75) is 12.5 Å². The number of hydrogen-bond donors (Lipinski definition) is 2. The molecule has 0 radical (unpaired) electrons. The van der Waals surface area contributed by atoms with E-state index in [1.54, 1.807) is 11.9 Å². The lowest BCUT2D eigenvalue weighted by molar-refractivity contribution is 0.0695. The molecule has 0 amide bonds. The van der Waals surface area contributed by atoms with Gasteiger partial charge in [-0.05, 0) is 12.5 Å². The Bertz CT molecular complexity index is 1120. The van der Waals surface area contributed by atoms with Crippen molar-refractivity contribution in [1.29, 1.82) is 0 Å². The molecule has 0 saturated carbocycles. The highest BCUT2D eigenvalue weighted by atomic mass is 19.1. The average molecular weight is 373 g/mol. The van der Waals surface area contributed by atoms with Crippen molar-refractivity contribution in [3.63, 3.8) is 0 Å². The number of anilines is 1. The molecule has 0 bridgehead atoms. The Labute approximate surface area is 151 Å². The number of carboxylic acids is 1. The lowest BCUT2D eigenvalue weighted by Gasteiger charge is -2.19. The van der Waals surface area contributed by atoms with E-state index < -0.39 is 22.8 Å². The molecular formula is C16H16FN7O3. The van der Waals surface area contributed by atoms with Crippen LogP contribution in [-0.4, -0.2) is 54.5 Å². The molecule has 27 heavy (non-hydrogen) atoms. The summed E-state index contributed by atoms with van der Waals surface area (Å²) in [5.74, 6) is -1.83. The predicted molar refractivity (Wildman–Crippen MR) is 93.6 cm³/mol. The zero-order valence-electron chi connectivity index (χ0n) is 14.3. The minimum atomic E-state index is -1.42. The first-order valence-corrected chi connectivity index (χ1v) is 8.21. The van der Waals surface area contributed by atoms with Gasteiger partial charge in [-0.2, -0.15) is 10.1 Å². The van der Waals surface area contributed by atoms with E-state index in [0.29, 0.717) is 19.5 Å². The summed E-state index contributed by atoms with van der Waals surface area (Å²) >= 11 is 0. The standard InChI is InChI=1S/C16H16FN7O3/c1-22-16(19-7-20-22)24-6-10(15(26)27)12(25)9-4-11(17)14(21-13(9)24)23-3-2-8(18)5-23/h4,6-8H,2-3,5,18H2,1H3,(H,26,27)/t8-/m0/s1. The molecule has 1 aliphatic rings. The quantitative estimate of drug-likeness (QED) is 0.650. The smallest absolute Gasteiger partial charge is 0.341 e. The average Bonchev–Trinajstić information content (AvgIpc) is 3.23. The van der Waals surface area contributed by atoms with Crippen LogP contribution >= 0.6 is 0 Å². The molecule has 1 fully saturated rings. The number of halogens is 1. The maximum atomic E-state index is 14.7. The largest absolute Gasteiger partial charge is 0.477 e. The highest BCUT2D eigenvalue weighted by Gasteiger charge is 2.26. The third-order valence-electron chi connectivity index (χ3n) is 4.57. The third-order valence-corrected chi connectivity index (χ3v) is 4.57. The van der Waals surface area contributed by atoms with Gasteiger partial charge in [0.2, 0.25) is 11.4 Å². The number of rotatable bonds is 3. The van der Waals surface area contributed by atoms with Crippen LogP contribution in [0.2, 0.25) is 0 Å². The van der Waals surface area contributed by atoms with E-state index in [-0.39, 0.29) is 28.8 Å². The van der Waals surface area contributed by atoms with E-state index in [0.717, 1.165) is 12.3 Å². The van der Waals surface area contributed by atoms with Gasteiger partial charge in [0, 0.05) is 32.4 Å². The lowest BCUT2D eigenvalue weighted by atomic mass is 10.2. The Kier molecular flexibility index (Phi) is 3.88. The van der Waals surface area contributed by atoms with Crippen molar-refractivity contribution >= 4 is 22.8 Å². The third kappa shape index (κ3) is 2.72. The van der Waals surface area contributed by atoms with Crippen molar-refractivity contribution in [2.75, 3.05) is 18.0 Å². The molecule has 1 atom stereocenters. The molecule has 0 unspecified atom stereocenters. The van der Waals surface area contributed by atoms with Gasteiger partial charge in [0.25, 0.3) is 0 Å². The minimum absolute atomic E-state index is 0.0637. The number of carbonyl (C=O) groups is 1. The van der Waals surface area contributed by atoms with Crippen LogP contribution < -0.4 is 16.1 Å². The molecule has 0 spiro atoms. The SMILES string of the molecule is Cn1ncnc1-n1cc(C(=O)O)c(=O)c2cc(F)c(N3CC[C@H](N)C3)nc21. The number of nitrogens with two attached hydrogens (primary N) is 1. The molecule has 4 heterocycles. The van der Waals surface area contributed by atoms with E-state index in [1.807, 2.05) is 0 Å². The van der Waals surface area contributed by atoms with Gasteiger partial charge in [0.05, 0.1) is 5.39 Å². The van der Waals surface area contributed by atoms with E-state index in [1.165, 1.54) is 15.6 Å². The fraction of sp³-hybridized carbons (Fsp3) is 0.312. The molecule has 3 aromatic heterocycles. The molecule has 4 rings (SSSR count). The molecular weight excluding hydrogens is 357 g/mol. The predicted octanol–water partition coefficient (Wildman–Crippen LogP) is -0.111. The first-order chi connectivity index (χ1) is 12.9. The van der Waals surface area contributed by atoms with Crippen LogP contribution in [-0.2, 0) is 7.05 Å². The van der Waals surface area contributed by atoms with Crippen LogP contribution in [0.25, 0.3) is 17.0 Å². The summed E-state index contributed by atoms with van der Waals surface area (Å²) in [6.45, 7) is 0.981. The van der Waals surface area contributed by atoms with E-state index in [4.69, 9.17) is 5.73 Å². The second kappa shape index (κ2) is 6.13. The number of aromatic carboxylic acids is 1. The van der Waals surface area contributed by atoms with Gasteiger partial charge in [-0.1, -0.05) is 0 Å². The first-order valence-electron chi connectivity index (χ1n) is 8.21. The molecule has 0 aliphatic carbocycles. The number of hydrogen-bond acceptors (Lipinski definition) is 7. The second-order valence-corrected chi connectivity index (χ2v) is 6.39. The number of fused-ring (bicyclic) bond motifs is 1. The van der Waals surface area contributed by atoms with Crippen LogP contribution in [0, 0.1) is 5.82 Å². The molecule has 10 nitrogen and oxygen atoms in total. The fourth-order valence-corrected chi connectivity index (χ4v) is 3.23. The Hall–Kier alpha value is -3.34. The summed E-state index contributed by atoms with van der Waals surface area (Å²) < 4.78 is 17.4. The summed E-state index contributed by atoms with van der Waals surface area (Å²) in [5, 5.41) is 13.2. The van der Waals surface area contributed by atoms with Gasteiger partial charge in [0.15, 0.2) is 17.3 Å². The zero-order valence-corrected chi connectivity index (χ0v) is 14.3. The van der Waals surface area contributed by atoms with Crippen LogP contribution in [0.3, 0.4) is 0 Å². The van der Waals surface area contributed by atoms with Crippen LogP contribution in [0.4, 0.5) is 10.2 Å². The Morgan fingerprint density at radius 1 is 1.44 bits per heavy atom. The van der Waals surface area contributed by atoms with E-state index in [2.05, 4.69) is 15.1 Å². The Morgan fingerprint density at radius 3 is 2.81 bits per heavy atom. The summed E-state index contributed by atoms with van der Waals surface area (Å²) in [6.07, 6.45) is 3.11. The summed E-state index contributed by atoms with van der Waals surface area (Å²) in [7, 11) is 1.61. The van der Waals surface area contributed by atoms with Gasteiger partial charge in [-0.15, -0.1) is 0 Å². The zero-order chi connectivity index (χ0) is 19.3. The maximum absolute atomic E-state index is 14.7. The summed E-state index contributed by atoms with van der Waals surface area (Å²) in [5.41, 5.74) is 4.67. The van der Waals surface area contributed by atoms with E-state index >= 15 is 0 Å². The van der Waals surface area contributed by atoms with Crippen LogP contribution in [0.5, 0.6) is 0 Å². The van der Waals surface area contributed by atoms with Gasteiger partial charge in [-0.3, -0.25) is 9.36 Å². The van der Waals surface area contributed by atoms with Gasteiger partial charge in [0.1, 0.15) is 11.9 Å². The molecule has 1 aliphatic heterocycles. The highest BCUT2D eigenvalue weighted by molar-refractivity contribution is 5.92. The highest BCUT2D eigenvalue weighted by Crippen LogP contribution is 2.25. The van der Waals surface area contributed by atoms with Crippen molar-refractivity contribution in [2.24, 2.45) is 12.8 Å². The fourth-order valence-electron chi connectivity index (χ4n) is 3.23. The topological polar surface area (TPSA) is 132 Å². The van der Waals surface area contributed by atoms with Crippen molar-refractivity contribution in [3.05, 3.63) is 40.2 Å². The monoisotopic (exact) mass is 373 g/mol. The molecule has 1 saturated heterocycles. The molecule has 11 heteroatoms. The summed E-state index contributed by atoms with van der Waals surface area (Å²) in [6, 6.07) is 0.931.